The molecule has 0 unspecified atom stereocenters. The molecule has 0 atom stereocenters. The van der Waals surface area contributed by atoms with Gasteiger partial charge >= 0.3 is 0 Å². The van der Waals surface area contributed by atoms with Crippen LogP contribution in [0.25, 0.3) is 16.9 Å². The molecule has 156 valence electrons. The first-order valence-electron chi connectivity index (χ1n) is 10.1. The van der Waals surface area contributed by atoms with E-state index in [-0.39, 0.29) is 11.7 Å². The zero-order valence-electron chi connectivity index (χ0n) is 17.1. The number of hydrogen-bond acceptors (Lipinski definition) is 6. The smallest absolute Gasteiger partial charge is 0.237 e. The van der Waals surface area contributed by atoms with Gasteiger partial charge in [0.2, 0.25) is 11.1 Å². The van der Waals surface area contributed by atoms with E-state index >= 15 is 0 Å². The van der Waals surface area contributed by atoms with Crippen molar-refractivity contribution < 1.29 is 9.53 Å². The summed E-state index contributed by atoms with van der Waals surface area (Å²) < 4.78 is 7.15. The lowest BCUT2D eigenvalue weighted by Gasteiger charge is -2.29. The molecule has 0 aliphatic carbocycles. The van der Waals surface area contributed by atoms with Gasteiger partial charge < -0.3 is 9.64 Å². The Morgan fingerprint density at radius 3 is 2.81 bits per heavy atom. The van der Waals surface area contributed by atoms with Gasteiger partial charge in [-0.2, -0.15) is 9.61 Å². The predicted molar refractivity (Wildman–Crippen MR) is 121 cm³/mol. The van der Waals surface area contributed by atoms with Gasteiger partial charge in [0, 0.05) is 17.8 Å². The zero-order chi connectivity index (χ0) is 21.2. The number of amides is 1. The van der Waals surface area contributed by atoms with E-state index in [0.717, 1.165) is 42.1 Å². The molecule has 5 rings (SSSR count). The van der Waals surface area contributed by atoms with Crippen LogP contribution in [0.1, 0.15) is 12.0 Å². The number of thioether (sulfide) groups is 1. The highest BCUT2D eigenvalue weighted by atomic mass is 32.2. The van der Waals surface area contributed by atoms with Gasteiger partial charge in [-0.15, -0.1) is 10.2 Å². The van der Waals surface area contributed by atoms with E-state index < -0.39 is 0 Å². The van der Waals surface area contributed by atoms with Gasteiger partial charge in [0.1, 0.15) is 5.75 Å². The van der Waals surface area contributed by atoms with E-state index in [0.29, 0.717) is 10.8 Å². The van der Waals surface area contributed by atoms with Crippen LogP contribution in [0, 0.1) is 0 Å². The number of para-hydroxylation sites is 2. The van der Waals surface area contributed by atoms with E-state index in [9.17, 15) is 4.79 Å². The fourth-order valence-electron chi connectivity index (χ4n) is 3.86. The fourth-order valence-corrected chi connectivity index (χ4v) is 4.62. The normalized spacial score (nSPS) is 13.3. The molecule has 1 aliphatic rings. The zero-order valence-corrected chi connectivity index (χ0v) is 17.9. The van der Waals surface area contributed by atoms with Crippen LogP contribution in [0.5, 0.6) is 5.75 Å². The van der Waals surface area contributed by atoms with Crippen molar-refractivity contribution in [3.63, 3.8) is 0 Å². The van der Waals surface area contributed by atoms with Crippen molar-refractivity contribution in [1.82, 2.24) is 19.8 Å². The van der Waals surface area contributed by atoms with E-state index in [1.807, 2.05) is 59.5 Å². The van der Waals surface area contributed by atoms with Crippen LogP contribution < -0.4 is 9.64 Å². The molecule has 0 N–H and O–H groups in total. The molecular weight excluding hydrogens is 410 g/mol. The minimum atomic E-state index is 0.0646. The molecule has 0 saturated carbocycles. The van der Waals surface area contributed by atoms with Crippen LogP contribution >= 0.6 is 11.8 Å². The second kappa shape index (κ2) is 8.39. The summed E-state index contributed by atoms with van der Waals surface area (Å²) in [6.45, 7) is 0.743. The minimum Gasteiger partial charge on any atom is -0.496 e. The maximum atomic E-state index is 13.0. The molecule has 2 aromatic heterocycles. The van der Waals surface area contributed by atoms with Crippen molar-refractivity contribution in [3.8, 4) is 17.0 Å². The molecule has 7 nitrogen and oxygen atoms in total. The topological polar surface area (TPSA) is 72.6 Å². The Kier molecular flexibility index (Phi) is 5.30. The Bertz CT molecular complexity index is 1260. The number of anilines is 1. The van der Waals surface area contributed by atoms with Gasteiger partial charge in [0.25, 0.3) is 0 Å². The lowest BCUT2D eigenvalue weighted by molar-refractivity contribution is -0.116. The van der Waals surface area contributed by atoms with E-state index in [2.05, 4.69) is 16.3 Å². The molecule has 3 heterocycles. The number of nitrogens with zero attached hydrogens (tertiary/aromatic N) is 5. The van der Waals surface area contributed by atoms with Gasteiger partial charge in [0.05, 0.1) is 18.6 Å². The van der Waals surface area contributed by atoms with Gasteiger partial charge in [0.15, 0.2) is 5.65 Å². The molecule has 31 heavy (non-hydrogen) atoms. The van der Waals surface area contributed by atoms with Crippen LogP contribution in [-0.2, 0) is 11.2 Å². The van der Waals surface area contributed by atoms with Crippen LogP contribution in [0.3, 0.4) is 0 Å². The maximum absolute atomic E-state index is 13.0. The Balaban J connectivity index is 1.38. The standard InChI is InChI=1S/C23H21N5O2S/c1-30-20-11-5-3-9-17(20)18-12-13-21-24-25-23(28(21)26-18)31-15-22(29)27-14-6-8-16-7-2-4-10-19(16)27/h2-5,7,9-13H,6,8,14-15H2,1H3. The highest BCUT2D eigenvalue weighted by Gasteiger charge is 2.23. The van der Waals surface area contributed by atoms with E-state index in [1.54, 1.807) is 11.6 Å². The molecule has 0 saturated heterocycles. The van der Waals surface area contributed by atoms with Crippen LogP contribution in [-0.4, -0.2) is 45.1 Å². The summed E-state index contributed by atoms with van der Waals surface area (Å²) in [7, 11) is 1.64. The molecule has 1 aliphatic heterocycles. The Hall–Kier alpha value is -3.39. The lowest BCUT2D eigenvalue weighted by Crippen LogP contribution is -2.36. The number of carbonyl (C=O) groups is 1. The number of hydrogen-bond donors (Lipinski definition) is 0. The fraction of sp³-hybridized carbons (Fsp3) is 0.217. The Labute approximate surface area is 184 Å². The highest BCUT2D eigenvalue weighted by molar-refractivity contribution is 7.99. The minimum absolute atomic E-state index is 0.0646. The second-order valence-electron chi connectivity index (χ2n) is 7.24. The van der Waals surface area contributed by atoms with Gasteiger partial charge in [-0.1, -0.05) is 42.1 Å². The molecule has 0 bridgehead atoms. The predicted octanol–water partition coefficient (Wildman–Crippen LogP) is 3.87. The number of aromatic nitrogens is 4. The summed E-state index contributed by atoms with van der Waals surface area (Å²) in [5.74, 6) is 1.08. The number of rotatable bonds is 5. The summed E-state index contributed by atoms with van der Waals surface area (Å²) in [5, 5.41) is 13.7. The van der Waals surface area contributed by atoms with Gasteiger partial charge in [-0.25, -0.2) is 0 Å². The Morgan fingerprint density at radius 2 is 1.90 bits per heavy atom. The van der Waals surface area contributed by atoms with Crippen LogP contribution in [0.15, 0.2) is 65.8 Å². The van der Waals surface area contributed by atoms with E-state index in [1.165, 1.54) is 17.3 Å². The third kappa shape index (κ3) is 3.74. The highest BCUT2D eigenvalue weighted by Crippen LogP contribution is 2.30. The molecular formula is C23H21N5O2S. The first kappa shape index (κ1) is 19.6. The summed E-state index contributed by atoms with van der Waals surface area (Å²) in [6.07, 6.45) is 1.99. The summed E-state index contributed by atoms with van der Waals surface area (Å²) >= 11 is 1.35. The average Bonchev–Trinajstić information content (AvgIpc) is 3.24. The average molecular weight is 432 g/mol. The number of carbonyl (C=O) groups excluding carboxylic acids is 1. The van der Waals surface area contributed by atoms with Crippen LogP contribution in [0.2, 0.25) is 0 Å². The van der Waals surface area contributed by atoms with Gasteiger partial charge in [-0.3, -0.25) is 4.79 Å². The Morgan fingerprint density at radius 1 is 1.06 bits per heavy atom. The van der Waals surface area contributed by atoms with Crippen molar-refractivity contribution in [2.75, 3.05) is 24.3 Å². The number of benzene rings is 2. The van der Waals surface area contributed by atoms with Gasteiger partial charge in [-0.05, 0) is 48.7 Å². The first-order valence-corrected chi connectivity index (χ1v) is 11.1. The van der Waals surface area contributed by atoms with Crippen molar-refractivity contribution in [2.24, 2.45) is 0 Å². The lowest BCUT2D eigenvalue weighted by atomic mass is 10.0. The molecule has 0 radical (unpaired) electrons. The number of aryl methyl sites for hydroxylation is 1. The SMILES string of the molecule is COc1ccccc1-c1ccc2nnc(SCC(=O)N3CCCc4ccccc43)n2n1. The second-order valence-corrected chi connectivity index (χ2v) is 8.18. The maximum Gasteiger partial charge on any atom is 0.237 e. The summed E-state index contributed by atoms with van der Waals surface area (Å²) in [4.78, 5) is 14.9. The molecule has 4 aromatic rings. The third-order valence-corrected chi connectivity index (χ3v) is 6.26. The van der Waals surface area contributed by atoms with Crippen molar-refractivity contribution >= 4 is 29.0 Å². The quantitative estimate of drug-likeness (QED) is 0.447. The molecule has 1 amide bonds. The number of fused-ring (bicyclic) bond motifs is 2. The van der Waals surface area contributed by atoms with E-state index in [4.69, 9.17) is 9.84 Å². The van der Waals surface area contributed by atoms with Crippen molar-refractivity contribution in [1.29, 1.82) is 0 Å². The monoisotopic (exact) mass is 431 g/mol. The first-order chi connectivity index (χ1) is 15.2. The van der Waals surface area contributed by atoms with Crippen molar-refractivity contribution in [3.05, 3.63) is 66.2 Å². The molecule has 8 heteroatoms. The molecule has 0 fully saturated rings. The largest absolute Gasteiger partial charge is 0.496 e. The summed E-state index contributed by atoms with van der Waals surface area (Å²) in [5.41, 5.74) is 4.52. The molecule has 0 spiro atoms. The number of ether oxygens (including phenoxy) is 1. The number of methoxy groups -OCH3 is 1. The summed E-state index contributed by atoms with van der Waals surface area (Å²) in [6, 6.07) is 19.6. The molecule has 2 aromatic carbocycles. The van der Waals surface area contributed by atoms with Crippen LogP contribution in [0.4, 0.5) is 5.69 Å². The van der Waals surface area contributed by atoms with Crippen molar-refractivity contribution in [2.45, 2.75) is 18.0 Å². The third-order valence-electron chi connectivity index (χ3n) is 5.35.